The van der Waals surface area contributed by atoms with Gasteiger partial charge in [0.25, 0.3) is 0 Å². The monoisotopic (exact) mass is 235 g/mol. The van der Waals surface area contributed by atoms with Gasteiger partial charge in [-0.25, -0.2) is 4.99 Å². The highest BCUT2D eigenvalue weighted by Gasteiger charge is 2.46. The molecule has 4 atom stereocenters. The Hall–Kier alpha value is -0.990. The van der Waals surface area contributed by atoms with E-state index in [1.54, 1.807) is 0 Å². The molecular formula is C14H21NO2. The molecule has 3 heteroatoms. The Morgan fingerprint density at radius 2 is 2.12 bits per heavy atom. The number of aldehydes is 1. The maximum atomic E-state index is 11.7. The Labute approximate surface area is 103 Å². The first-order valence-electron chi connectivity index (χ1n) is 6.53. The van der Waals surface area contributed by atoms with Gasteiger partial charge in [0, 0.05) is 6.42 Å². The number of aliphatic imine (C=N–C) groups is 1. The van der Waals surface area contributed by atoms with E-state index >= 15 is 0 Å². The molecule has 4 unspecified atom stereocenters. The number of amides is 1. The molecule has 2 aliphatic carbocycles. The number of nitrogens with zero attached hydrogens (tertiary/aromatic N) is 1. The van der Waals surface area contributed by atoms with Crippen molar-refractivity contribution in [3.8, 4) is 0 Å². The Morgan fingerprint density at radius 1 is 1.35 bits per heavy atom. The van der Waals surface area contributed by atoms with Crippen LogP contribution in [-0.4, -0.2) is 18.4 Å². The summed E-state index contributed by atoms with van der Waals surface area (Å²) in [5, 5.41) is 0. The average Bonchev–Trinajstić information content (AvgIpc) is 2.91. The first-order chi connectivity index (χ1) is 8.02. The van der Waals surface area contributed by atoms with E-state index in [9.17, 15) is 9.59 Å². The molecule has 0 radical (unpaired) electrons. The molecule has 94 valence electrons. The van der Waals surface area contributed by atoms with Crippen LogP contribution in [0.15, 0.2) is 4.99 Å². The van der Waals surface area contributed by atoms with Crippen LogP contribution in [0.25, 0.3) is 0 Å². The Bertz CT molecular complexity index is 346. The van der Waals surface area contributed by atoms with Gasteiger partial charge < -0.3 is 0 Å². The summed E-state index contributed by atoms with van der Waals surface area (Å²) in [7, 11) is 0. The normalized spacial score (nSPS) is 40.7. The van der Waals surface area contributed by atoms with Crippen LogP contribution in [-0.2, 0) is 9.59 Å². The third-order valence-electron chi connectivity index (χ3n) is 4.23. The third kappa shape index (κ3) is 3.24. The Balaban J connectivity index is 1.98. The predicted octanol–water partition coefficient (Wildman–Crippen LogP) is 2.64. The van der Waals surface area contributed by atoms with E-state index in [-0.39, 0.29) is 11.3 Å². The van der Waals surface area contributed by atoms with Crippen LogP contribution in [0.1, 0.15) is 46.0 Å². The van der Waals surface area contributed by atoms with Gasteiger partial charge in [-0.15, -0.1) is 0 Å². The van der Waals surface area contributed by atoms with Crippen molar-refractivity contribution in [3.05, 3.63) is 0 Å². The number of rotatable bonds is 3. The van der Waals surface area contributed by atoms with Gasteiger partial charge in [0.05, 0.1) is 6.21 Å². The summed E-state index contributed by atoms with van der Waals surface area (Å²) in [6.45, 7) is 4.50. The minimum Gasteiger partial charge on any atom is -0.297 e. The zero-order valence-corrected chi connectivity index (χ0v) is 10.7. The highest BCUT2D eigenvalue weighted by molar-refractivity contribution is 6.16. The number of hydrogen-bond donors (Lipinski definition) is 0. The van der Waals surface area contributed by atoms with Crippen molar-refractivity contribution in [1.82, 2.24) is 0 Å². The summed E-state index contributed by atoms with van der Waals surface area (Å²) in [5.41, 5.74) is 0.0899. The molecule has 0 aliphatic heterocycles. The summed E-state index contributed by atoms with van der Waals surface area (Å²) in [6, 6.07) is 0. The summed E-state index contributed by atoms with van der Waals surface area (Å²) >= 11 is 0. The van der Waals surface area contributed by atoms with E-state index in [1.165, 1.54) is 12.8 Å². The first-order valence-corrected chi connectivity index (χ1v) is 6.53. The van der Waals surface area contributed by atoms with Gasteiger partial charge in [0.15, 0.2) is 6.29 Å². The van der Waals surface area contributed by atoms with E-state index in [2.05, 4.69) is 18.8 Å². The minimum absolute atomic E-state index is 0.0899. The maximum absolute atomic E-state index is 11.7. The molecule has 0 aromatic carbocycles. The minimum atomic E-state index is -0.147. The van der Waals surface area contributed by atoms with Crippen molar-refractivity contribution in [1.29, 1.82) is 0 Å². The largest absolute Gasteiger partial charge is 0.297 e. The van der Waals surface area contributed by atoms with E-state index in [4.69, 9.17) is 0 Å². The van der Waals surface area contributed by atoms with Gasteiger partial charge in [-0.3, -0.25) is 9.59 Å². The number of fused-ring (bicyclic) bond motifs is 1. The lowest BCUT2D eigenvalue weighted by atomic mass is 9.75. The zero-order valence-electron chi connectivity index (χ0n) is 10.7. The Kier molecular flexibility index (Phi) is 3.45. The highest BCUT2D eigenvalue weighted by atomic mass is 16.1. The lowest BCUT2D eigenvalue weighted by Crippen LogP contribution is -2.22. The molecule has 2 fully saturated rings. The van der Waals surface area contributed by atoms with Crippen molar-refractivity contribution < 1.29 is 9.59 Å². The number of carbonyl (C=O) groups is 2. The van der Waals surface area contributed by atoms with Crippen molar-refractivity contribution >= 4 is 18.4 Å². The lowest BCUT2D eigenvalue weighted by molar-refractivity contribution is -0.120. The quantitative estimate of drug-likeness (QED) is 0.557. The van der Waals surface area contributed by atoms with E-state index < -0.39 is 0 Å². The second-order valence-electron chi connectivity index (χ2n) is 6.30. The third-order valence-corrected chi connectivity index (χ3v) is 4.23. The molecule has 17 heavy (non-hydrogen) atoms. The standard InChI is InChI=1S/C14H21NO2/c1-10-5-11-6-12(11)8-14(2,7-10)9-13(17)15-3-4-16/h3-4,10-12H,5-9H2,1-2H3/b15-3+. The van der Waals surface area contributed by atoms with Gasteiger partial charge in [0.1, 0.15) is 0 Å². The van der Waals surface area contributed by atoms with Crippen LogP contribution in [0.5, 0.6) is 0 Å². The Morgan fingerprint density at radius 3 is 2.82 bits per heavy atom. The average molecular weight is 235 g/mol. The van der Waals surface area contributed by atoms with Crippen molar-refractivity contribution in [2.75, 3.05) is 0 Å². The van der Waals surface area contributed by atoms with Gasteiger partial charge in [0.2, 0.25) is 5.91 Å². The topological polar surface area (TPSA) is 46.5 Å². The zero-order chi connectivity index (χ0) is 12.5. The molecule has 0 aromatic heterocycles. The molecule has 0 N–H and O–H groups in total. The van der Waals surface area contributed by atoms with Crippen LogP contribution in [0.3, 0.4) is 0 Å². The van der Waals surface area contributed by atoms with Crippen molar-refractivity contribution in [2.24, 2.45) is 28.2 Å². The van der Waals surface area contributed by atoms with Crippen LogP contribution in [0, 0.1) is 23.2 Å². The SMILES string of the molecule is CC1CC2CC2CC(C)(CC(=O)/N=C/C=O)C1. The molecule has 0 heterocycles. The molecule has 1 amide bonds. The van der Waals surface area contributed by atoms with Gasteiger partial charge in [-0.1, -0.05) is 13.8 Å². The van der Waals surface area contributed by atoms with Crippen LogP contribution >= 0.6 is 0 Å². The smallest absolute Gasteiger partial charge is 0.246 e. The summed E-state index contributed by atoms with van der Waals surface area (Å²) < 4.78 is 0. The number of hydrogen-bond acceptors (Lipinski definition) is 2. The summed E-state index contributed by atoms with van der Waals surface area (Å²) in [5.74, 6) is 2.32. The van der Waals surface area contributed by atoms with E-state index in [1.807, 2.05) is 0 Å². The second kappa shape index (κ2) is 4.71. The second-order valence-corrected chi connectivity index (χ2v) is 6.30. The van der Waals surface area contributed by atoms with Crippen LogP contribution in [0.4, 0.5) is 0 Å². The first kappa shape index (κ1) is 12.5. The highest BCUT2D eigenvalue weighted by Crippen LogP contribution is 2.55. The van der Waals surface area contributed by atoms with Crippen molar-refractivity contribution in [3.63, 3.8) is 0 Å². The number of carbonyl (C=O) groups excluding carboxylic acids is 2. The van der Waals surface area contributed by atoms with Gasteiger partial charge in [-0.2, -0.15) is 0 Å². The van der Waals surface area contributed by atoms with Gasteiger partial charge in [-0.05, 0) is 48.9 Å². The molecule has 2 aliphatic rings. The van der Waals surface area contributed by atoms with Gasteiger partial charge >= 0.3 is 0 Å². The molecule has 3 nitrogen and oxygen atoms in total. The van der Waals surface area contributed by atoms with Crippen LogP contribution in [0.2, 0.25) is 0 Å². The van der Waals surface area contributed by atoms with Crippen LogP contribution < -0.4 is 0 Å². The fourth-order valence-corrected chi connectivity index (χ4v) is 3.68. The van der Waals surface area contributed by atoms with E-state index in [0.717, 1.165) is 30.9 Å². The fraction of sp³-hybridized carbons (Fsp3) is 0.786. The van der Waals surface area contributed by atoms with Crippen molar-refractivity contribution in [2.45, 2.75) is 46.0 Å². The molecular weight excluding hydrogens is 214 g/mol. The molecule has 2 saturated carbocycles. The molecule has 0 saturated heterocycles. The molecule has 2 rings (SSSR count). The summed E-state index contributed by atoms with van der Waals surface area (Å²) in [4.78, 5) is 25.4. The maximum Gasteiger partial charge on any atom is 0.246 e. The molecule has 0 bridgehead atoms. The molecule has 0 aromatic rings. The van der Waals surface area contributed by atoms with E-state index in [0.29, 0.717) is 18.6 Å². The summed E-state index contributed by atoms with van der Waals surface area (Å²) in [6.07, 6.45) is 7.06. The lowest BCUT2D eigenvalue weighted by Gasteiger charge is -2.29. The predicted molar refractivity (Wildman–Crippen MR) is 66.9 cm³/mol. The fourth-order valence-electron chi connectivity index (χ4n) is 3.68. The molecule has 0 spiro atoms.